The molecule has 0 atom stereocenters. The maximum Gasteiger partial charge on any atom is 0.137 e. The van der Waals surface area contributed by atoms with Gasteiger partial charge in [-0.25, -0.2) is 4.98 Å². The van der Waals surface area contributed by atoms with Crippen molar-refractivity contribution in [1.82, 2.24) is 10.3 Å². The van der Waals surface area contributed by atoms with Crippen LogP contribution in [-0.2, 0) is 11.8 Å². The Labute approximate surface area is 282 Å². The van der Waals surface area contributed by atoms with Crippen molar-refractivity contribution in [3.63, 3.8) is 0 Å². The molecule has 2 aliphatic rings. The molecule has 0 unspecified atom stereocenters. The van der Waals surface area contributed by atoms with Crippen molar-refractivity contribution in [3.05, 3.63) is 156 Å². The van der Waals surface area contributed by atoms with Crippen LogP contribution in [0.2, 0.25) is 0 Å². The molecule has 0 radical (unpaired) electrons. The first-order valence-corrected chi connectivity index (χ1v) is 17.0. The second-order valence-corrected chi connectivity index (χ2v) is 13.8. The van der Waals surface area contributed by atoms with Gasteiger partial charge in [0.15, 0.2) is 0 Å². The number of anilines is 5. The molecule has 4 heteroatoms. The van der Waals surface area contributed by atoms with E-state index in [1.165, 1.54) is 54.7 Å². The van der Waals surface area contributed by atoms with Crippen molar-refractivity contribution in [2.24, 2.45) is 0 Å². The van der Waals surface area contributed by atoms with Crippen LogP contribution in [0.25, 0.3) is 32.3 Å². The first kappa shape index (κ1) is 28.6. The second-order valence-electron chi connectivity index (χ2n) is 13.8. The quantitative estimate of drug-likeness (QED) is 0.187. The highest BCUT2D eigenvalue weighted by Crippen LogP contribution is 2.53. The molecule has 1 aliphatic heterocycles. The number of nitrogens with one attached hydrogen (secondary N) is 1. The third kappa shape index (κ3) is 4.40. The van der Waals surface area contributed by atoms with Crippen LogP contribution in [0.4, 0.5) is 28.6 Å². The minimum absolute atomic E-state index is 0.0311. The zero-order valence-corrected chi connectivity index (χ0v) is 27.7. The standard InChI is InChI=1S/C44H38N4/c1-29-26-37(47(31-14-6-4-7-15-31)39-18-10-12-24-45-39)35-28-36-41-30(22-23-44(36,2)3)27-38(34-21-20-33(29)42(35)43(34)41)48(32-16-8-5-9-17-32)40-19-11-13-25-46-40/h4-21,24,26-28,46H,22-23,25H2,1-3H3. The highest BCUT2D eigenvalue weighted by Gasteiger charge is 2.33. The lowest BCUT2D eigenvalue weighted by molar-refractivity contribution is 0.475. The summed E-state index contributed by atoms with van der Waals surface area (Å²) < 4.78 is 0. The van der Waals surface area contributed by atoms with Crippen LogP contribution in [0.5, 0.6) is 0 Å². The highest BCUT2D eigenvalue weighted by atomic mass is 15.3. The fraction of sp³-hybridized carbons (Fsp3) is 0.159. The maximum absolute atomic E-state index is 4.89. The van der Waals surface area contributed by atoms with E-state index >= 15 is 0 Å². The van der Waals surface area contributed by atoms with Crippen LogP contribution >= 0.6 is 0 Å². The fourth-order valence-electron chi connectivity index (χ4n) is 8.05. The molecule has 6 aromatic carbocycles. The molecule has 0 fully saturated rings. The van der Waals surface area contributed by atoms with Crippen molar-refractivity contribution in [2.75, 3.05) is 16.3 Å². The van der Waals surface area contributed by atoms with Gasteiger partial charge in [0.25, 0.3) is 0 Å². The van der Waals surface area contributed by atoms with Gasteiger partial charge in [-0.15, -0.1) is 0 Å². The Hall–Kier alpha value is -5.61. The molecule has 2 heterocycles. The zero-order valence-electron chi connectivity index (χ0n) is 27.7. The lowest BCUT2D eigenvalue weighted by Crippen LogP contribution is -2.30. The number of allylic oxidation sites excluding steroid dienone is 2. The van der Waals surface area contributed by atoms with E-state index in [4.69, 9.17) is 4.98 Å². The number of hydrogen-bond donors (Lipinski definition) is 1. The first-order chi connectivity index (χ1) is 23.5. The number of benzene rings is 6. The van der Waals surface area contributed by atoms with Gasteiger partial charge in [-0.05, 0) is 119 Å². The highest BCUT2D eigenvalue weighted by molar-refractivity contribution is 6.30. The second kappa shape index (κ2) is 11.0. The molecule has 7 aromatic rings. The number of nitrogens with zero attached hydrogens (tertiary/aromatic N) is 3. The Kier molecular flexibility index (Phi) is 6.55. The zero-order chi connectivity index (χ0) is 32.4. The number of dihydropyridines is 1. The van der Waals surface area contributed by atoms with Crippen molar-refractivity contribution in [2.45, 2.75) is 39.0 Å². The van der Waals surface area contributed by atoms with E-state index in [1.54, 1.807) is 0 Å². The van der Waals surface area contributed by atoms with Crippen molar-refractivity contribution in [1.29, 1.82) is 0 Å². The summed E-state index contributed by atoms with van der Waals surface area (Å²) in [6, 6.07) is 39.7. The van der Waals surface area contributed by atoms with Gasteiger partial charge in [0.2, 0.25) is 0 Å². The van der Waals surface area contributed by atoms with Crippen LogP contribution in [0.3, 0.4) is 0 Å². The summed E-state index contributed by atoms with van der Waals surface area (Å²) >= 11 is 0. The predicted molar refractivity (Wildman–Crippen MR) is 203 cm³/mol. The third-order valence-corrected chi connectivity index (χ3v) is 10.4. The van der Waals surface area contributed by atoms with E-state index < -0.39 is 0 Å². The maximum atomic E-state index is 4.89. The average Bonchev–Trinajstić information content (AvgIpc) is 3.13. The number of pyridine rings is 1. The van der Waals surface area contributed by atoms with Gasteiger partial charge in [-0.1, -0.05) is 80.6 Å². The average molecular weight is 623 g/mol. The van der Waals surface area contributed by atoms with E-state index in [0.29, 0.717) is 0 Å². The van der Waals surface area contributed by atoms with Crippen LogP contribution < -0.4 is 15.1 Å². The van der Waals surface area contributed by atoms with Gasteiger partial charge < -0.3 is 5.32 Å². The first-order valence-electron chi connectivity index (χ1n) is 17.0. The normalized spacial score (nSPS) is 15.1. The SMILES string of the molecule is Cc1cc(N(c2ccccc2)c2ccccn2)c2cc3c4c(cc(N(C5=CC=CCN5)c5ccccc5)c5ccc1c2c54)CCC3(C)C. The largest absolute Gasteiger partial charge is 0.368 e. The molecule has 1 aliphatic carbocycles. The molecule has 1 N–H and O–H groups in total. The number of rotatable bonds is 6. The van der Waals surface area contributed by atoms with Gasteiger partial charge in [-0.3, -0.25) is 9.80 Å². The molecule has 4 nitrogen and oxygen atoms in total. The Morgan fingerprint density at radius 2 is 1.40 bits per heavy atom. The molecule has 0 amide bonds. The van der Waals surface area contributed by atoms with Crippen LogP contribution in [-0.4, -0.2) is 11.5 Å². The van der Waals surface area contributed by atoms with Gasteiger partial charge >= 0.3 is 0 Å². The summed E-state index contributed by atoms with van der Waals surface area (Å²) in [5, 5.41) is 11.6. The minimum Gasteiger partial charge on any atom is -0.368 e. The molecule has 234 valence electrons. The van der Waals surface area contributed by atoms with Crippen molar-refractivity contribution >= 4 is 60.9 Å². The summed E-state index contributed by atoms with van der Waals surface area (Å²) in [6.45, 7) is 7.91. The number of aryl methyl sites for hydroxylation is 2. The molecule has 9 rings (SSSR count). The Balaban J connectivity index is 1.43. The molecular formula is C44H38N4. The van der Waals surface area contributed by atoms with Crippen molar-refractivity contribution < 1.29 is 0 Å². The summed E-state index contributed by atoms with van der Waals surface area (Å²) in [5.41, 5.74) is 8.77. The molecule has 0 saturated carbocycles. The molecule has 0 saturated heterocycles. The smallest absolute Gasteiger partial charge is 0.137 e. The van der Waals surface area contributed by atoms with Crippen LogP contribution in [0.1, 0.15) is 37.0 Å². The molecule has 0 bridgehead atoms. The van der Waals surface area contributed by atoms with E-state index in [1.807, 2.05) is 12.3 Å². The predicted octanol–water partition coefficient (Wildman–Crippen LogP) is 11.1. The minimum atomic E-state index is 0.0311. The fourth-order valence-corrected chi connectivity index (χ4v) is 8.05. The lowest BCUT2D eigenvalue weighted by Gasteiger charge is -2.37. The number of hydrogen-bond acceptors (Lipinski definition) is 4. The van der Waals surface area contributed by atoms with Gasteiger partial charge in [0.05, 0.1) is 11.4 Å². The Morgan fingerprint density at radius 1 is 0.688 bits per heavy atom. The monoisotopic (exact) mass is 622 g/mol. The molecule has 1 aromatic heterocycles. The van der Waals surface area contributed by atoms with Gasteiger partial charge in [-0.2, -0.15) is 0 Å². The number of aromatic nitrogens is 1. The van der Waals surface area contributed by atoms with Gasteiger partial charge in [0, 0.05) is 40.3 Å². The molecule has 48 heavy (non-hydrogen) atoms. The summed E-state index contributed by atoms with van der Waals surface area (Å²) in [6.07, 6.45) is 10.6. The van der Waals surface area contributed by atoms with E-state index in [-0.39, 0.29) is 5.41 Å². The van der Waals surface area contributed by atoms with E-state index in [0.717, 1.165) is 48.1 Å². The Bertz CT molecular complexity index is 2330. The third-order valence-electron chi connectivity index (χ3n) is 10.4. The van der Waals surface area contributed by atoms with Gasteiger partial charge in [0.1, 0.15) is 11.6 Å². The Morgan fingerprint density at radius 3 is 2.10 bits per heavy atom. The molecule has 0 spiro atoms. The van der Waals surface area contributed by atoms with Crippen molar-refractivity contribution in [3.8, 4) is 0 Å². The molecular weight excluding hydrogens is 585 g/mol. The van der Waals surface area contributed by atoms with Crippen LogP contribution in [0, 0.1) is 6.92 Å². The number of para-hydroxylation sites is 2. The summed E-state index contributed by atoms with van der Waals surface area (Å²) in [5.74, 6) is 2.00. The van der Waals surface area contributed by atoms with E-state index in [9.17, 15) is 0 Å². The summed E-state index contributed by atoms with van der Waals surface area (Å²) in [7, 11) is 0. The lowest BCUT2D eigenvalue weighted by atomic mass is 9.70. The summed E-state index contributed by atoms with van der Waals surface area (Å²) in [4.78, 5) is 9.65. The van der Waals surface area contributed by atoms with E-state index in [2.05, 4.69) is 157 Å². The topological polar surface area (TPSA) is 31.4 Å². The van der Waals surface area contributed by atoms with Crippen LogP contribution in [0.15, 0.2) is 139 Å².